The first-order chi connectivity index (χ1) is 13.9. The number of amides is 1. The molecule has 0 aliphatic carbocycles. The number of carbonyl (C=O) groups is 2. The van der Waals surface area contributed by atoms with Gasteiger partial charge in [0.25, 0.3) is 5.91 Å². The first-order valence-electron chi connectivity index (χ1n) is 8.47. The number of rotatable bonds is 6. The van der Waals surface area contributed by atoms with E-state index in [0.29, 0.717) is 27.6 Å². The quantitative estimate of drug-likeness (QED) is 0.448. The number of aliphatic carboxylic acids is 1. The molecule has 0 fully saturated rings. The van der Waals surface area contributed by atoms with E-state index in [1.807, 2.05) is 24.3 Å². The van der Waals surface area contributed by atoms with E-state index >= 15 is 0 Å². The smallest absolute Gasteiger partial charge is 0.352 e. The maximum absolute atomic E-state index is 12.3. The SMILES string of the molecule is O=C(O)/C(=C/c1ccc(Oc2ccccc2Br)cc1)NC(=O)c1ccc(Cl)cc1. The molecule has 0 radical (unpaired) electrons. The van der Waals surface area contributed by atoms with Crippen LogP contribution in [-0.4, -0.2) is 17.0 Å². The van der Waals surface area contributed by atoms with Gasteiger partial charge in [-0.2, -0.15) is 0 Å². The van der Waals surface area contributed by atoms with Crippen molar-refractivity contribution in [3.05, 3.63) is 99.1 Å². The van der Waals surface area contributed by atoms with Crippen LogP contribution < -0.4 is 10.1 Å². The Morgan fingerprint density at radius 2 is 1.62 bits per heavy atom. The van der Waals surface area contributed by atoms with Crippen molar-refractivity contribution in [3.8, 4) is 11.5 Å². The highest BCUT2D eigenvalue weighted by Gasteiger charge is 2.13. The summed E-state index contributed by atoms with van der Waals surface area (Å²) in [6, 6.07) is 20.4. The molecule has 5 nitrogen and oxygen atoms in total. The van der Waals surface area contributed by atoms with E-state index in [9.17, 15) is 14.7 Å². The van der Waals surface area contributed by atoms with E-state index in [2.05, 4.69) is 21.2 Å². The third-order valence-electron chi connectivity index (χ3n) is 3.84. The molecule has 0 saturated heterocycles. The Kier molecular flexibility index (Phi) is 6.69. The van der Waals surface area contributed by atoms with E-state index in [4.69, 9.17) is 16.3 Å². The lowest BCUT2D eigenvalue weighted by molar-refractivity contribution is -0.132. The summed E-state index contributed by atoms with van der Waals surface area (Å²) in [6.45, 7) is 0. The van der Waals surface area contributed by atoms with E-state index < -0.39 is 11.9 Å². The number of hydrogen-bond donors (Lipinski definition) is 2. The second-order valence-corrected chi connectivity index (χ2v) is 7.22. The van der Waals surface area contributed by atoms with Crippen molar-refractivity contribution in [3.63, 3.8) is 0 Å². The van der Waals surface area contributed by atoms with Gasteiger partial charge in [-0.3, -0.25) is 4.79 Å². The zero-order chi connectivity index (χ0) is 20.8. The molecule has 0 spiro atoms. The summed E-state index contributed by atoms with van der Waals surface area (Å²) in [5.74, 6) is -0.529. The third-order valence-corrected chi connectivity index (χ3v) is 4.75. The fraction of sp³-hybridized carbons (Fsp3) is 0. The van der Waals surface area contributed by atoms with Gasteiger partial charge >= 0.3 is 5.97 Å². The summed E-state index contributed by atoms with van der Waals surface area (Å²) in [5, 5.41) is 12.3. The molecule has 0 aliphatic rings. The molecule has 0 saturated carbocycles. The van der Waals surface area contributed by atoms with Crippen molar-refractivity contribution in [2.75, 3.05) is 0 Å². The molecule has 0 bridgehead atoms. The van der Waals surface area contributed by atoms with Crippen LogP contribution in [0.5, 0.6) is 11.5 Å². The fourth-order valence-electron chi connectivity index (χ4n) is 2.40. The summed E-state index contributed by atoms with van der Waals surface area (Å²) < 4.78 is 6.61. The predicted molar refractivity (Wildman–Crippen MR) is 115 cm³/mol. The van der Waals surface area contributed by atoms with Crippen LogP contribution in [0.1, 0.15) is 15.9 Å². The lowest BCUT2D eigenvalue weighted by Crippen LogP contribution is -2.27. The van der Waals surface area contributed by atoms with Crippen LogP contribution in [0.4, 0.5) is 0 Å². The van der Waals surface area contributed by atoms with Crippen molar-refractivity contribution in [1.29, 1.82) is 0 Å². The number of ether oxygens (including phenoxy) is 1. The minimum absolute atomic E-state index is 0.246. The van der Waals surface area contributed by atoms with Crippen molar-refractivity contribution in [2.45, 2.75) is 0 Å². The lowest BCUT2D eigenvalue weighted by atomic mass is 10.1. The Bertz CT molecular complexity index is 1060. The summed E-state index contributed by atoms with van der Waals surface area (Å²) in [4.78, 5) is 23.8. The van der Waals surface area contributed by atoms with Crippen LogP contribution in [-0.2, 0) is 4.79 Å². The molecule has 1 amide bonds. The Morgan fingerprint density at radius 3 is 2.24 bits per heavy atom. The molecule has 29 heavy (non-hydrogen) atoms. The Hall–Kier alpha value is -3.09. The molecule has 3 aromatic rings. The molecule has 3 rings (SSSR count). The predicted octanol–water partition coefficient (Wildman–Crippen LogP) is 5.75. The van der Waals surface area contributed by atoms with Crippen LogP contribution in [0, 0.1) is 0 Å². The number of carboxylic acids is 1. The number of carbonyl (C=O) groups excluding carboxylic acids is 1. The molecule has 0 heterocycles. The van der Waals surface area contributed by atoms with Crippen molar-refractivity contribution < 1.29 is 19.4 Å². The maximum atomic E-state index is 12.3. The topological polar surface area (TPSA) is 75.6 Å². The van der Waals surface area contributed by atoms with Crippen LogP contribution in [0.2, 0.25) is 5.02 Å². The number of halogens is 2. The molecule has 0 aliphatic heterocycles. The van der Waals surface area contributed by atoms with Gasteiger partial charge in [-0.25, -0.2) is 4.79 Å². The molecule has 146 valence electrons. The highest BCUT2D eigenvalue weighted by atomic mass is 79.9. The molecule has 3 aromatic carbocycles. The molecule has 0 atom stereocenters. The van der Waals surface area contributed by atoms with Gasteiger partial charge in [0.05, 0.1) is 4.47 Å². The summed E-state index contributed by atoms with van der Waals surface area (Å²) in [5.41, 5.74) is 0.654. The Labute approximate surface area is 180 Å². The van der Waals surface area contributed by atoms with Crippen molar-refractivity contribution in [2.24, 2.45) is 0 Å². The van der Waals surface area contributed by atoms with Crippen molar-refractivity contribution >= 4 is 45.5 Å². The van der Waals surface area contributed by atoms with E-state index in [-0.39, 0.29) is 5.70 Å². The van der Waals surface area contributed by atoms with Gasteiger partial charge in [-0.05, 0) is 76.1 Å². The van der Waals surface area contributed by atoms with Gasteiger partial charge in [0.15, 0.2) is 0 Å². The van der Waals surface area contributed by atoms with Gasteiger partial charge in [-0.1, -0.05) is 35.9 Å². The second kappa shape index (κ2) is 9.41. The van der Waals surface area contributed by atoms with Crippen LogP contribution >= 0.6 is 27.5 Å². The highest BCUT2D eigenvalue weighted by Crippen LogP contribution is 2.29. The molecular formula is C22H15BrClNO4. The zero-order valence-corrected chi connectivity index (χ0v) is 17.3. The number of nitrogens with one attached hydrogen (secondary N) is 1. The minimum atomic E-state index is -1.25. The van der Waals surface area contributed by atoms with Gasteiger partial charge < -0.3 is 15.2 Å². The summed E-state index contributed by atoms with van der Waals surface area (Å²) in [6.07, 6.45) is 1.37. The average molecular weight is 473 g/mol. The standard InChI is InChI=1S/C22H15BrClNO4/c23-18-3-1-2-4-20(18)29-17-11-5-14(6-12-17)13-19(22(27)28)25-21(26)15-7-9-16(24)10-8-15/h1-13H,(H,25,26)(H,27,28)/b19-13-. The zero-order valence-electron chi connectivity index (χ0n) is 14.9. The number of carboxylic acid groups (broad SMARTS) is 1. The molecular weight excluding hydrogens is 458 g/mol. The van der Waals surface area contributed by atoms with Gasteiger partial charge in [0.2, 0.25) is 0 Å². The Balaban J connectivity index is 1.75. The fourth-order valence-corrected chi connectivity index (χ4v) is 2.89. The van der Waals surface area contributed by atoms with Crippen LogP contribution in [0.25, 0.3) is 6.08 Å². The molecule has 2 N–H and O–H groups in total. The minimum Gasteiger partial charge on any atom is -0.477 e. The number of benzene rings is 3. The number of hydrogen-bond acceptors (Lipinski definition) is 3. The van der Waals surface area contributed by atoms with E-state index in [0.717, 1.165) is 4.47 Å². The summed E-state index contributed by atoms with van der Waals surface area (Å²) in [7, 11) is 0. The first kappa shape index (κ1) is 20.6. The molecule has 0 aromatic heterocycles. The molecule has 7 heteroatoms. The van der Waals surface area contributed by atoms with Gasteiger partial charge in [0, 0.05) is 10.6 Å². The highest BCUT2D eigenvalue weighted by molar-refractivity contribution is 9.10. The van der Waals surface area contributed by atoms with Gasteiger partial charge in [0.1, 0.15) is 17.2 Å². The summed E-state index contributed by atoms with van der Waals surface area (Å²) >= 11 is 9.22. The average Bonchev–Trinajstić information content (AvgIpc) is 2.71. The first-order valence-corrected chi connectivity index (χ1v) is 9.64. The third kappa shape index (κ3) is 5.70. The van der Waals surface area contributed by atoms with Crippen LogP contribution in [0.15, 0.2) is 83.0 Å². The normalized spacial score (nSPS) is 11.0. The maximum Gasteiger partial charge on any atom is 0.352 e. The van der Waals surface area contributed by atoms with Gasteiger partial charge in [-0.15, -0.1) is 0 Å². The monoisotopic (exact) mass is 471 g/mol. The second-order valence-electron chi connectivity index (χ2n) is 5.93. The van der Waals surface area contributed by atoms with Crippen LogP contribution in [0.3, 0.4) is 0 Å². The van der Waals surface area contributed by atoms with E-state index in [1.165, 1.54) is 18.2 Å². The largest absolute Gasteiger partial charge is 0.477 e. The Morgan fingerprint density at radius 1 is 0.966 bits per heavy atom. The lowest BCUT2D eigenvalue weighted by Gasteiger charge is -2.09. The number of para-hydroxylation sites is 1. The van der Waals surface area contributed by atoms with Crippen molar-refractivity contribution in [1.82, 2.24) is 5.32 Å². The van der Waals surface area contributed by atoms with E-state index in [1.54, 1.807) is 36.4 Å². The molecule has 0 unspecified atom stereocenters.